The molecule has 1 N–H and O–H groups in total. The molecule has 3 fully saturated rings. The molecule has 328 valence electrons. The van der Waals surface area contributed by atoms with Crippen LogP contribution in [0.15, 0.2) is 88.2 Å². The van der Waals surface area contributed by atoms with Crippen molar-refractivity contribution in [2.75, 3.05) is 20.3 Å². The van der Waals surface area contributed by atoms with Gasteiger partial charge in [0.25, 0.3) is 0 Å². The van der Waals surface area contributed by atoms with Gasteiger partial charge in [0.1, 0.15) is 43.2 Å². The third kappa shape index (κ3) is 10.7. The number of aliphatic hydroxyl groups is 1. The Bertz CT molecular complexity index is 1930. The number of nitrogens with zero attached hydrogens (tertiary/aromatic N) is 1. The van der Waals surface area contributed by atoms with Gasteiger partial charge in [0.05, 0.1) is 30.1 Å². The van der Waals surface area contributed by atoms with Crippen LogP contribution in [-0.2, 0) is 33.3 Å². The minimum atomic E-state index is -1.90. The van der Waals surface area contributed by atoms with E-state index in [0.717, 1.165) is 17.7 Å². The lowest BCUT2D eigenvalue weighted by Crippen LogP contribution is -2.59. The van der Waals surface area contributed by atoms with Gasteiger partial charge in [0.15, 0.2) is 11.9 Å². The van der Waals surface area contributed by atoms with Crippen molar-refractivity contribution >= 4 is 52.5 Å². The van der Waals surface area contributed by atoms with Crippen molar-refractivity contribution < 1.29 is 48.0 Å². The number of ether oxygens (including phenoxy) is 6. The molecule has 14 heteroatoms. The predicted octanol–water partition coefficient (Wildman–Crippen LogP) is 9.34. The average molecular weight is 891 g/mol. The molecule has 3 saturated heterocycles. The lowest BCUT2D eigenvalue weighted by atomic mass is 9.70. The summed E-state index contributed by atoms with van der Waals surface area (Å²) in [6.07, 6.45) is 10.7. The second kappa shape index (κ2) is 19.1. The molecule has 6 rings (SSSR count). The zero-order chi connectivity index (χ0) is 43.6. The highest BCUT2D eigenvalue weighted by atomic mass is 35.6. The van der Waals surface area contributed by atoms with Crippen LogP contribution in [0.25, 0.3) is 0 Å². The molecule has 2 bridgehead atoms. The summed E-state index contributed by atoms with van der Waals surface area (Å²) in [4.78, 5) is 33.6. The molecule has 0 radical (unpaired) electrons. The Balaban J connectivity index is 1.33. The molecule has 1 aromatic rings. The molecule has 1 aliphatic carbocycles. The first-order chi connectivity index (χ1) is 28.3. The standard InChI is InChI=1S/C46H58Cl3NO10/c1-26(2)18-29(5)39-31(7)38(50-54-8)23-44(60-39)22-36-21-35(59-44)15-12-28(4)19-27(3)10-9-11-33-24-55-41-40(30(6)20-37(43(52)57-36)46(33,41)53)58-42(51)32-13-16-34(17-14-32)56-25-45(47,48)49/h9-14,16-18,20,26-27,31,35-37,39-41,53H,15,19,21-25H2,1-8H3/b10-9+,28-12+,29-18+,33-11+,50-38-/t27-,31-,35+,36-,37-,39+,40+,41+,44-,46+/m0/s1. The van der Waals surface area contributed by atoms with Crippen LogP contribution in [0.1, 0.15) is 90.9 Å². The molecule has 60 heavy (non-hydrogen) atoms. The van der Waals surface area contributed by atoms with E-state index >= 15 is 0 Å². The minimum absolute atomic E-state index is 0.00767. The van der Waals surface area contributed by atoms with Crippen molar-refractivity contribution in [3.63, 3.8) is 0 Å². The Labute approximate surface area is 368 Å². The van der Waals surface area contributed by atoms with E-state index in [-0.39, 0.29) is 49.2 Å². The molecule has 0 unspecified atom stereocenters. The van der Waals surface area contributed by atoms with Gasteiger partial charge in [-0.3, -0.25) is 4.79 Å². The molecular weight excluding hydrogens is 833 g/mol. The highest BCUT2D eigenvalue weighted by Crippen LogP contribution is 2.48. The highest BCUT2D eigenvalue weighted by Gasteiger charge is 2.61. The van der Waals surface area contributed by atoms with Crippen LogP contribution in [0.2, 0.25) is 0 Å². The fourth-order valence-corrected chi connectivity index (χ4v) is 9.27. The Morgan fingerprint density at radius 1 is 1.12 bits per heavy atom. The van der Waals surface area contributed by atoms with Crippen molar-refractivity contribution in [1.82, 2.24) is 0 Å². The van der Waals surface area contributed by atoms with Gasteiger partial charge in [-0.1, -0.05) is 110 Å². The molecule has 0 aromatic heterocycles. The van der Waals surface area contributed by atoms with E-state index in [1.807, 2.05) is 6.08 Å². The zero-order valence-corrected chi connectivity index (χ0v) is 37.9. The number of hydrogen-bond acceptors (Lipinski definition) is 11. The van der Waals surface area contributed by atoms with Crippen molar-refractivity contribution in [3.8, 4) is 5.75 Å². The summed E-state index contributed by atoms with van der Waals surface area (Å²) in [5.41, 5.74) is 2.38. The average Bonchev–Trinajstić information content (AvgIpc) is 3.50. The molecule has 5 aliphatic rings. The largest absolute Gasteiger partial charge is 0.489 e. The molecular formula is C46H58Cl3NO10. The van der Waals surface area contributed by atoms with E-state index in [2.05, 4.69) is 64.9 Å². The topological polar surface area (TPSA) is 131 Å². The Morgan fingerprint density at radius 2 is 1.85 bits per heavy atom. The minimum Gasteiger partial charge on any atom is -0.489 e. The van der Waals surface area contributed by atoms with Crippen LogP contribution in [0.4, 0.5) is 0 Å². The molecule has 0 amide bonds. The van der Waals surface area contributed by atoms with Crippen LogP contribution in [0.5, 0.6) is 5.75 Å². The number of rotatable bonds is 7. The molecule has 0 saturated carbocycles. The molecule has 1 spiro atoms. The number of benzene rings is 1. The maximum atomic E-state index is 14.7. The number of fused-ring (bicyclic) bond motifs is 2. The smallest absolute Gasteiger partial charge is 0.338 e. The van der Waals surface area contributed by atoms with Crippen molar-refractivity contribution in [2.45, 2.75) is 126 Å². The van der Waals surface area contributed by atoms with Crippen LogP contribution in [-0.4, -0.2) is 88.8 Å². The summed E-state index contributed by atoms with van der Waals surface area (Å²) in [7, 11) is 1.53. The van der Waals surface area contributed by atoms with Crippen LogP contribution < -0.4 is 4.74 Å². The first-order valence-corrected chi connectivity index (χ1v) is 21.8. The number of esters is 2. The quantitative estimate of drug-likeness (QED) is 0.122. The van der Waals surface area contributed by atoms with E-state index in [1.165, 1.54) is 24.8 Å². The molecule has 10 atom stereocenters. The number of hydrogen-bond donors (Lipinski definition) is 1. The van der Waals surface area contributed by atoms with Gasteiger partial charge >= 0.3 is 11.9 Å². The van der Waals surface area contributed by atoms with E-state index in [1.54, 1.807) is 31.2 Å². The van der Waals surface area contributed by atoms with Gasteiger partial charge in [-0.2, -0.15) is 0 Å². The monoisotopic (exact) mass is 889 g/mol. The van der Waals surface area contributed by atoms with E-state index in [0.29, 0.717) is 42.1 Å². The van der Waals surface area contributed by atoms with E-state index < -0.39 is 51.3 Å². The van der Waals surface area contributed by atoms with E-state index in [9.17, 15) is 14.7 Å². The fraction of sp³-hybridized carbons (Fsp3) is 0.587. The first kappa shape index (κ1) is 46.3. The van der Waals surface area contributed by atoms with Crippen molar-refractivity contribution in [3.05, 3.63) is 88.6 Å². The molecule has 1 aromatic carbocycles. The van der Waals surface area contributed by atoms with Gasteiger partial charge in [-0.15, -0.1) is 0 Å². The van der Waals surface area contributed by atoms with Crippen LogP contribution >= 0.6 is 34.8 Å². The fourth-order valence-electron chi connectivity index (χ4n) is 9.11. The summed E-state index contributed by atoms with van der Waals surface area (Å²) < 4.78 is 36.6. The van der Waals surface area contributed by atoms with Crippen LogP contribution in [0, 0.1) is 23.7 Å². The van der Waals surface area contributed by atoms with Crippen molar-refractivity contribution in [1.29, 1.82) is 0 Å². The molecule has 4 aliphatic heterocycles. The third-order valence-corrected chi connectivity index (χ3v) is 12.2. The number of allylic oxidation sites excluding steroid dienone is 5. The second-order valence-electron chi connectivity index (χ2n) is 17.3. The predicted molar refractivity (Wildman–Crippen MR) is 231 cm³/mol. The highest BCUT2D eigenvalue weighted by molar-refractivity contribution is 6.67. The Kier molecular flexibility index (Phi) is 14.7. The maximum Gasteiger partial charge on any atom is 0.338 e. The Morgan fingerprint density at radius 3 is 2.53 bits per heavy atom. The van der Waals surface area contributed by atoms with Gasteiger partial charge in [-0.05, 0) is 86.4 Å². The van der Waals surface area contributed by atoms with Gasteiger partial charge in [0.2, 0.25) is 3.79 Å². The number of halogens is 3. The normalized spacial score (nSPS) is 37.0. The van der Waals surface area contributed by atoms with Gasteiger partial charge < -0.3 is 38.4 Å². The summed E-state index contributed by atoms with van der Waals surface area (Å²) in [5.74, 6) is -2.86. The molecule has 4 heterocycles. The SMILES string of the molecule is CO/N=C1/C[C@]2(C[C@@H]3C[C@@H](C/C=C(\C)C[C@@H](C)/C=C/C=C4\CO[C@@H]5[C@H](OC(=O)c6ccc(OCC(Cl)(Cl)Cl)cc6)C(C)=C[C@@H](C(=O)O3)[C@]45O)O2)O[C@H](/C(C)=C/C(C)C)[C@H]1C. The number of oxime groups is 1. The number of carbonyl (C=O) groups excluding carboxylic acids is 2. The maximum absolute atomic E-state index is 14.7. The third-order valence-electron chi connectivity index (χ3n) is 11.8. The first-order valence-electron chi connectivity index (χ1n) is 20.7. The lowest BCUT2D eigenvalue weighted by molar-refractivity contribution is -0.313. The number of carbonyl (C=O) groups is 2. The second-order valence-corrected chi connectivity index (χ2v) is 19.8. The van der Waals surface area contributed by atoms with Crippen molar-refractivity contribution in [2.24, 2.45) is 28.8 Å². The van der Waals surface area contributed by atoms with Crippen LogP contribution in [0.3, 0.4) is 0 Å². The molecule has 11 nitrogen and oxygen atoms in total. The summed E-state index contributed by atoms with van der Waals surface area (Å²) >= 11 is 17.4. The summed E-state index contributed by atoms with van der Waals surface area (Å²) in [6.45, 7) is 14.2. The van der Waals surface area contributed by atoms with E-state index in [4.69, 9.17) is 68.1 Å². The Hall–Kier alpha value is -3.16. The summed E-state index contributed by atoms with van der Waals surface area (Å²) in [6, 6.07) is 6.19. The number of alkyl halides is 3. The summed E-state index contributed by atoms with van der Waals surface area (Å²) in [5, 5.41) is 17.3. The lowest BCUT2D eigenvalue weighted by Gasteiger charge is -2.50. The van der Waals surface area contributed by atoms with Gasteiger partial charge in [-0.25, -0.2) is 4.79 Å². The zero-order valence-electron chi connectivity index (χ0n) is 35.6. The van der Waals surface area contributed by atoms with Gasteiger partial charge in [0, 0.05) is 25.2 Å².